The first-order chi connectivity index (χ1) is 17.0. The second kappa shape index (κ2) is 11.3. The lowest BCUT2D eigenvalue weighted by atomic mass is 9.84. The van der Waals surface area contributed by atoms with Gasteiger partial charge in [-0.25, -0.2) is 4.98 Å². The predicted molar refractivity (Wildman–Crippen MR) is 135 cm³/mol. The lowest BCUT2D eigenvalue weighted by Crippen LogP contribution is -2.38. The summed E-state index contributed by atoms with van der Waals surface area (Å²) in [6.07, 6.45) is 9.28. The number of benzene rings is 1. The molecule has 4 rings (SSSR count). The zero-order chi connectivity index (χ0) is 24.8. The molecule has 2 aromatic heterocycles. The van der Waals surface area contributed by atoms with Crippen LogP contribution < -0.4 is 10.6 Å². The lowest BCUT2D eigenvalue weighted by Gasteiger charge is -2.27. The quantitative estimate of drug-likeness (QED) is 0.385. The van der Waals surface area contributed by atoms with E-state index in [-0.39, 0.29) is 29.7 Å². The van der Waals surface area contributed by atoms with Crippen molar-refractivity contribution in [3.63, 3.8) is 0 Å². The van der Waals surface area contributed by atoms with E-state index in [4.69, 9.17) is 4.42 Å². The van der Waals surface area contributed by atoms with Gasteiger partial charge in [-0.2, -0.15) is 5.10 Å². The van der Waals surface area contributed by atoms with Crippen molar-refractivity contribution in [2.75, 3.05) is 0 Å². The number of hydrogen-bond acceptors (Lipinski definition) is 5. The van der Waals surface area contributed by atoms with Crippen LogP contribution in [0.25, 0.3) is 22.7 Å². The van der Waals surface area contributed by atoms with E-state index >= 15 is 0 Å². The first kappa shape index (κ1) is 24.7. The minimum absolute atomic E-state index is 0.107. The minimum Gasteiger partial charge on any atom is -0.431 e. The van der Waals surface area contributed by atoms with Gasteiger partial charge >= 0.3 is 0 Å². The number of nitrogens with zero attached hydrogens (tertiary/aromatic N) is 2. The summed E-state index contributed by atoms with van der Waals surface area (Å²) in [6.45, 7) is 6.17. The Kier molecular flexibility index (Phi) is 8.00. The molecule has 1 aromatic carbocycles. The van der Waals surface area contributed by atoms with Gasteiger partial charge in [0.05, 0.1) is 11.9 Å². The Morgan fingerprint density at radius 3 is 2.54 bits per heavy atom. The number of H-pyrrole nitrogens is 1. The van der Waals surface area contributed by atoms with Gasteiger partial charge in [-0.1, -0.05) is 45.2 Å². The molecule has 8 heteroatoms. The molecular weight excluding hydrogens is 442 g/mol. The van der Waals surface area contributed by atoms with Crippen LogP contribution in [0.4, 0.5) is 0 Å². The number of nitrogens with one attached hydrogen (secondary N) is 3. The Morgan fingerprint density at radius 2 is 1.80 bits per heavy atom. The molecule has 0 saturated heterocycles. The monoisotopic (exact) mass is 477 g/mol. The maximum atomic E-state index is 12.7. The van der Waals surface area contributed by atoms with Crippen molar-refractivity contribution in [2.45, 2.75) is 77.8 Å². The third kappa shape index (κ3) is 5.99. The number of aromatic amines is 1. The highest BCUT2D eigenvalue weighted by Gasteiger charge is 2.23. The number of carbonyl (C=O) groups is 2. The standard InChI is InChI=1S/C27H35N5O3/c1-4-21(5-2)30-25(33)23-15-22(31-32-23)19-12-9-13-20(14-19)27-28-16-24(35-27)26(34)29-17(3)18-10-7-6-8-11-18/h9,12-18,21H,4-8,10-11H2,1-3H3,(H,29,34)(H,30,33)(H,31,32). The van der Waals surface area contributed by atoms with Crippen molar-refractivity contribution < 1.29 is 14.0 Å². The van der Waals surface area contributed by atoms with Crippen LogP contribution in [0.3, 0.4) is 0 Å². The fourth-order valence-corrected chi connectivity index (χ4v) is 4.70. The predicted octanol–water partition coefficient (Wildman–Crippen LogP) is 5.35. The number of hydrogen-bond donors (Lipinski definition) is 3. The maximum absolute atomic E-state index is 12.7. The summed E-state index contributed by atoms with van der Waals surface area (Å²) in [6, 6.07) is 9.52. The zero-order valence-electron chi connectivity index (χ0n) is 20.8. The fraction of sp³-hybridized carbons (Fsp3) is 0.481. The molecular formula is C27H35N5O3. The summed E-state index contributed by atoms with van der Waals surface area (Å²) in [5, 5.41) is 13.2. The molecule has 186 valence electrons. The summed E-state index contributed by atoms with van der Waals surface area (Å²) >= 11 is 0. The fourth-order valence-electron chi connectivity index (χ4n) is 4.70. The van der Waals surface area contributed by atoms with Crippen LogP contribution >= 0.6 is 0 Å². The van der Waals surface area contributed by atoms with Crippen LogP contribution in [0.2, 0.25) is 0 Å². The lowest BCUT2D eigenvalue weighted by molar-refractivity contribution is 0.0890. The number of carbonyl (C=O) groups excluding carboxylic acids is 2. The summed E-state index contributed by atoms with van der Waals surface area (Å²) in [5.74, 6) is 0.679. The number of aromatic nitrogens is 3. The third-order valence-electron chi connectivity index (χ3n) is 6.99. The first-order valence-corrected chi connectivity index (χ1v) is 12.7. The molecule has 0 radical (unpaired) electrons. The average Bonchev–Trinajstić information content (AvgIpc) is 3.58. The van der Waals surface area contributed by atoms with Crippen molar-refractivity contribution >= 4 is 11.8 Å². The summed E-state index contributed by atoms with van der Waals surface area (Å²) in [4.78, 5) is 29.6. The Balaban J connectivity index is 1.44. The van der Waals surface area contributed by atoms with Crippen molar-refractivity contribution in [1.29, 1.82) is 0 Å². The average molecular weight is 478 g/mol. The summed E-state index contributed by atoms with van der Waals surface area (Å²) in [5.41, 5.74) is 2.61. The van der Waals surface area contributed by atoms with Crippen molar-refractivity contribution in [3.05, 3.63) is 48.0 Å². The van der Waals surface area contributed by atoms with Gasteiger partial charge in [0, 0.05) is 23.2 Å². The van der Waals surface area contributed by atoms with Gasteiger partial charge in [0.25, 0.3) is 11.8 Å². The van der Waals surface area contributed by atoms with E-state index in [0.717, 1.165) is 36.8 Å². The van der Waals surface area contributed by atoms with E-state index in [1.807, 2.05) is 38.1 Å². The van der Waals surface area contributed by atoms with Gasteiger partial charge in [-0.05, 0) is 56.7 Å². The van der Waals surface area contributed by atoms with Crippen molar-refractivity contribution in [1.82, 2.24) is 25.8 Å². The SMILES string of the molecule is CCC(CC)NC(=O)c1cc(-c2cccc(-c3ncc(C(=O)NC(C)C4CCCCC4)o3)c2)n[nH]1. The highest BCUT2D eigenvalue weighted by molar-refractivity contribution is 5.93. The molecule has 0 aliphatic heterocycles. The molecule has 3 aromatic rings. The molecule has 1 atom stereocenters. The number of amides is 2. The number of rotatable bonds is 9. The molecule has 2 amide bonds. The first-order valence-electron chi connectivity index (χ1n) is 12.7. The molecule has 0 spiro atoms. The van der Waals surface area contributed by atoms with Crippen LogP contribution in [0.5, 0.6) is 0 Å². The van der Waals surface area contributed by atoms with E-state index in [2.05, 4.69) is 32.7 Å². The van der Waals surface area contributed by atoms with E-state index in [1.165, 1.54) is 25.5 Å². The molecule has 35 heavy (non-hydrogen) atoms. The molecule has 8 nitrogen and oxygen atoms in total. The molecule has 0 bridgehead atoms. The van der Waals surface area contributed by atoms with Crippen molar-refractivity contribution in [2.24, 2.45) is 5.92 Å². The molecule has 2 heterocycles. The van der Waals surface area contributed by atoms with Crippen LogP contribution in [0.15, 0.2) is 40.9 Å². The molecule has 1 aliphatic rings. The Morgan fingerprint density at radius 1 is 1.06 bits per heavy atom. The number of oxazole rings is 1. The van der Waals surface area contributed by atoms with E-state index in [0.29, 0.717) is 23.2 Å². The van der Waals surface area contributed by atoms with Gasteiger partial charge in [0.15, 0.2) is 0 Å². The molecule has 3 N–H and O–H groups in total. The Hall–Kier alpha value is -3.42. The van der Waals surface area contributed by atoms with E-state index in [1.54, 1.807) is 6.07 Å². The highest BCUT2D eigenvalue weighted by atomic mass is 16.4. The summed E-state index contributed by atoms with van der Waals surface area (Å²) < 4.78 is 5.81. The van der Waals surface area contributed by atoms with Gasteiger partial charge in [-0.15, -0.1) is 0 Å². The van der Waals surface area contributed by atoms with Crippen LogP contribution in [0, 0.1) is 5.92 Å². The smallest absolute Gasteiger partial charge is 0.288 e. The normalized spacial score (nSPS) is 15.2. The molecule has 1 unspecified atom stereocenters. The van der Waals surface area contributed by atoms with E-state index < -0.39 is 0 Å². The topological polar surface area (TPSA) is 113 Å². The molecule has 1 saturated carbocycles. The maximum Gasteiger partial charge on any atom is 0.288 e. The van der Waals surface area contributed by atoms with Crippen molar-refractivity contribution in [3.8, 4) is 22.7 Å². The largest absolute Gasteiger partial charge is 0.431 e. The van der Waals surface area contributed by atoms with Gasteiger partial charge in [0.1, 0.15) is 5.69 Å². The Labute approximate surface area is 206 Å². The van der Waals surface area contributed by atoms with E-state index in [9.17, 15) is 9.59 Å². The highest BCUT2D eigenvalue weighted by Crippen LogP contribution is 2.28. The molecule has 1 aliphatic carbocycles. The second-order valence-corrected chi connectivity index (χ2v) is 9.42. The second-order valence-electron chi connectivity index (χ2n) is 9.42. The van der Waals surface area contributed by atoms with Gasteiger partial charge in [0.2, 0.25) is 11.7 Å². The molecule has 1 fully saturated rings. The zero-order valence-corrected chi connectivity index (χ0v) is 20.8. The van der Waals surface area contributed by atoms with Crippen LogP contribution in [-0.2, 0) is 0 Å². The Bertz CT molecular complexity index is 1140. The minimum atomic E-state index is -0.238. The van der Waals surface area contributed by atoms with Crippen LogP contribution in [0.1, 0.15) is 86.8 Å². The third-order valence-corrected chi connectivity index (χ3v) is 6.99. The summed E-state index contributed by atoms with van der Waals surface area (Å²) in [7, 11) is 0. The van der Waals surface area contributed by atoms with Crippen LogP contribution in [-0.4, -0.2) is 39.1 Å². The van der Waals surface area contributed by atoms with Gasteiger partial charge in [-0.3, -0.25) is 14.7 Å². The van der Waals surface area contributed by atoms with Gasteiger partial charge < -0.3 is 15.1 Å².